The summed E-state index contributed by atoms with van der Waals surface area (Å²) in [5.41, 5.74) is 0.674. The Kier molecular flexibility index (Phi) is 7.53. The molecule has 2 heterocycles. The van der Waals surface area contributed by atoms with E-state index < -0.39 is 11.6 Å². The van der Waals surface area contributed by atoms with Crippen LogP contribution < -0.4 is 19.9 Å². The Labute approximate surface area is 205 Å². The molecular weight excluding hydrogens is 470 g/mol. The topological polar surface area (TPSA) is 86.6 Å². The summed E-state index contributed by atoms with van der Waals surface area (Å²) in [5.74, 6) is -1.11. The molecule has 10 heteroatoms. The van der Waals surface area contributed by atoms with E-state index >= 15 is 0 Å². The van der Waals surface area contributed by atoms with Gasteiger partial charge in [-0.3, -0.25) is 19.1 Å². The molecule has 0 aliphatic heterocycles. The van der Waals surface area contributed by atoms with Crippen LogP contribution in [-0.2, 0) is 17.9 Å². The molecule has 4 rings (SSSR count). The van der Waals surface area contributed by atoms with E-state index in [1.165, 1.54) is 36.1 Å². The van der Waals surface area contributed by atoms with Crippen molar-refractivity contribution in [3.63, 3.8) is 0 Å². The average Bonchev–Trinajstić information content (AvgIpc) is 2.89. The van der Waals surface area contributed by atoms with Crippen molar-refractivity contribution in [3.05, 3.63) is 88.7 Å². The Morgan fingerprint density at radius 2 is 1.81 bits per heavy atom. The second-order valence-electron chi connectivity index (χ2n) is 7.97. The molecule has 0 fully saturated rings. The van der Waals surface area contributed by atoms with Gasteiger partial charge in [0.25, 0.3) is 5.56 Å². The number of aromatic nitrogens is 3. The van der Waals surface area contributed by atoms with Gasteiger partial charge in [-0.1, -0.05) is 6.07 Å². The zero-order chi connectivity index (χ0) is 25.7. The third-order valence-electron chi connectivity index (χ3n) is 5.67. The minimum Gasteiger partial charge on any atom is -0.493 e. The van der Waals surface area contributed by atoms with E-state index in [2.05, 4.69) is 9.97 Å². The Morgan fingerprint density at radius 1 is 1.03 bits per heavy atom. The predicted octanol–water partition coefficient (Wildman–Crippen LogP) is 4.10. The molecule has 36 heavy (non-hydrogen) atoms. The van der Waals surface area contributed by atoms with Crippen molar-refractivity contribution in [2.24, 2.45) is 0 Å². The summed E-state index contributed by atoms with van der Waals surface area (Å²) in [6.07, 6.45) is 3.29. The van der Waals surface area contributed by atoms with Crippen molar-refractivity contribution in [1.82, 2.24) is 14.5 Å². The molecule has 0 saturated carbocycles. The number of carbonyl (C=O) groups excluding carboxylic acids is 1. The number of hydrogen-bond acceptors (Lipinski definition) is 6. The zero-order valence-electron chi connectivity index (χ0n) is 19.8. The van der Waals surface area contributed by atoms with Crippen LogP contribution in [0.4, 0.5) is 14.5 Å². The molecule has 0 saturated heterocycles. The standard InChI is InChI=1S/C26H24F2N4O4/c1-35-23-13-19-21(14-24(23)36-2)30-16-31(26(19)34)11-5-7-25(33)32(15-18-6-3-4-10-29-18)22-9-8-17(27)12-20(22)28/h3-4,6,8-10,12-14,16H,5,7,11,15H2,1-2H3. The van der Waals surface area contributed by atoms with Gasteiger partial charge in [-0.15, -0.1) is 0 Å². The van der Waals surface area contributed by atoms with E-state index in [9.17, 15) is 18.4 Å². The predicted molar refractivity (Wildman–Crippen MR) is 130 cm³/mol. The zero-order valence-corrected chi connectivity index (χ0v) is 19.8. The maximum Gasteiger partial charge on any atom is 0.261 e. The molecule has 2 aromatic carbocycles. The smallest absolute Gasteiger partial charge is 0.261 e. The summed E-state index contributed by atoms with van der Waals surface area (Å²) in [7, 11) is 2.97. The second-order valence-corrected chi connectivity index (χ2v) is 7.97. The molecule has 0 atom stereocenters. The number of nitrogens with zero attached hydrogens (tertiary/aromatic N) is 4. The molecule has 8 nitrogen and oxygen atoms in total. The fourth-order valence-electron chi connectivity index (χ4n) is 3.84. The third kappa shape index (κ3) is 5.32. The van der Waals surface area contributed by atoms with Crippen LogP contribution in [-0.4, -0.2) is 34.7 Å². The summed E-state index contributed by atoms with van der Waals surface area (Å²) in [4.78, 5) is 35.9. The molecule has 0 bridgehead atoms. The van der Waals surface area contributed by atoms with E-state index in [4.69, 9.17) is 9.47 Å². The summed E-state index contributed by atoms with van der Waals surface area (Å²) in [5, 5.41) is 0.353. The summed E-state index contributed by atoms with van der Waals surface area (Å²) < 4.78 is 39.9. The van der Waals surface area contributed by atoms with Crippen LogP contribution in [0.3, 0.4) is 0 Å². The molecule has 0 aliphatic rings. The van der Waals surface area contributed by atoms with Gasteiger partial charge in [0.05, 0.1) is 49.4 Å². The van der Waals surface area contributed by atoms with E-state index in [1.807, 2.05) is 0 Å². The number of ether oxygens (including phenoxy) is 2. The van der Waals surface area contributed by atoms with Gasteiger partial charge in [-0.05, 0) is 36.8 Å². The first kappa shape index (κ1) is 24.8. The molecule has 186 valence electrons. The van der Waals surface area contributed by atoms with Crippen molar-refractivity contribution >= 4 is 22.5 Å². The fourth-order valence-corrected chi connectivity index (χ4v) is 3.84. The third-order valence-corrected chi connectivity index (χ3v) is 5.67. The van der Waals surface area contributed by atoms with Crippen LogP contribution in [0.5, 0.6) is 11.5 Å². The first-order chi connectivity index (χ1) is 17.4. The first-order valence-electron chi connectivity index (χ1n) is 11.2. The summed E-state index contributed by atoms with van der Waals surface area (Å²) >= 11 is 0. The van der Waals surface area contributed by atoms with Gasteiger partial charge >= 0.3 is 0 Å². The number of hydrogen-bond donors (Lipinski definition) is 0. The van der Waals surface area contributed by atoms with Gasteiger partial charge in [0.2, 0.25) is 5.91 Å². The van der Waals surface area contributed by atoms with Crippen molar-refractivity contribution in [1.29, 1.82) is 0 Å². The maximum atomic E-state index is 14.5. The van der Waals surface area contributed by atoms with Gasteiger partial charge < -0.3 is 14.4 Å². The quantitative estimate of drug-likeness (QED) is 0.348. The van der Waals surface area contributed by atoms with Crippen LogP contribution in [0.2, 0.25) is 0 Å². The van der Waals surface area contributed by atoms with Crippen LogP contribution >= 0.6 is 0 Å². The van der Waals surface area contributed by atoms with Crippen LogP contribution in [0.25, 0.3) is 10.9 Å². The molecule has 0 radical (unpaired) electrons. The lowest BCUT2D eigenvalue weighted by atomic mass is 10.2. The Hall–Kier alpha value is -4.34. The van der Waals surface area contributed by atoms with Crippen molar-refractivity contribution in [3.8, 4) is 11.5 Å². The van der Waals surface area contributed by atoms with Crippen molar-refractivity contribution < 1.29 is 23.0 Å². The van der Waals surface area contributed by atoms with Crippen LogP contribution in [0, 0.1) is 11.6 Å². The fraction of sp³-hybridized carbons (Fsp3) is 0.231. The number of rotatable bonds is 9. The van der Waals surface area contributed by atoms with Gasteiger partial charge in [-0.2, -0.15) is 0 Å². The van der Waals surface area contributed by atoms with E-state index in [1.54, 1.807) is 36.5 Å². The monoisotopic (exact) mass is 494 g/mol. The highest BCUT2D eigenvalue weighted by molar-refractivity contribution is 5.93. The lowest BCUT2D eigenvalue weighted by Crippen LogP contribution is -2.32. The number of methoxy groups -OCH3 is 2. The SMILES string of the molecule is COc1cc2ncn(CCCC(=O)N(Cc3ccccn3)c3ccc(F)cc3F)c(=O)c2cc1OC. The highest BCUT2D eigenvalue weighted by Gasteiger charge is 2.21. The Bertz CT molecular complexity index is 1440. The average molecular weight is 494 g/mol. The first-order valence-corrected chi connectivity index (χ1v) is 11.2. The summed E-state index contributed by atoms with van der Waals surface area (Å²) in [6.45, 7) is 0.229. The van der Waals surface area contributed by atoms with Crippen LogP contribution in [0.15, 0.2) is 65.8 Å². The van der Waals surface area contributed by atoms with Crippen molar-refractivity contribution in [2.45, 2.75) is 25.9 Å². The molecule has 0 aliphatic carbocycles. The number of pyridine rings is 1. The largest absolute Gasteiger partial charge is 0.493 e. The normalized spacial score (nSPS) is 10.9. The second kappa shape index (κ2) is 10.9. The maximum absolute atomic E-state index is 14.5. The number of fused-ring (bicyclic) bond motifs is 1. The van der Waals surface area contributed by atoms with Gasteiger partial charge in [0.15, 0.2) is 11.5 Å². The Balaban J connectivity index is 1.53. The van der Waals surface area contributed by atoms with Crippen LogP contribution in [0.1, 0.15) is 18.5 Å². The van der Waals surface area contributed by atoms with Gasteiger partial charge in [-0.25, -0.2) is 13.8 Å². The minimum atomic E-state index is -0.849. The Morgan fingerprint density at radius 3 is 2.50 bits per heavy atom. The number of carbonyl (C=O) groups is 1. The molecule has 0 N–H and O–H groups in total. The highest BCUT2D eigenvalue weighted by Crippen LogP contribution is 2.30. The molecular formula is C26H24F2N4O4. The minimum absolute atomic E-state index is 0.0139. The lowest BCUT2D eigenvalue weighted by Gasteiger charge is -2.23. The number of benzene rings is 2. The molecule has 0 spiro atoms. The molecule has 2 aromatic heterocycles. The molecule has 0 unspecified atom stereocenters. The van der Waals surface area contributed by atoms with Gasteiger partial charge in [0, 0.05) is 31.3 Å². The van der Waals surface area contributed by atoms with Crippen molar-refractivity contribution in [2.75, 3.05) is 19.1 Å². The number of anilines is 1. The van der Waals surface area contributed by atoms with Gasteiger partial charge in [0.1, 0.15) is 11.6 Å². The number of aryl methyl sites for hydroxylation is 1. The number of amides is 1. The van der Waals surface area contributed by atoms with E-state index in [0.29, 0.717) is 34.5 Å². The molecule has 1 amide bonds. The summed E-state index contributed by atoms with van der Waals surface area (Å²) in [6, 6.07) is 11.5. The van der Waals surface area contributed by atoms with E-state index in [0.717, 1.165) is 12.1 Å². The van der Waals surface area contributed by atoms with E-state index in [-0.39, 0.29) is 36.7 Å². The number of halogens is 2. The molecule has 4 aromatic rings. The lowest BCUT2D eigenvalue weighted by molar-refractivity contribution is -0.118. The highest BCUT2D eigenvalue weighted by atomic mass is 19.1.